The first-order chi connectivity index (χ1) is 11.4. The summed E-state index contributed by atoms with van der Waals surface area (Å²) in [5.74, 6) is -1.84. The second-order valence-electron chi connectivity index (χ2n) is 4.70. The summed E-state index contributed by atoms with van der Waals surface area (Å²) in [6.07, 6.45) is 0. The van der Waals surface area contributed by atoms with Crippen molar-refractivity contribution in [2.24, 2.45) is 0 Å². The van der Waals surface area contributed by atoms with Gasteiger partial charge in [-0.3, -0.25) is 4.79 Å². The minimum Gasteiger partial charge on any atom is -0.268 e. The summed E-state index contributed by atoms with van der Waals surface area (Å²) in [6.45, 7) is 0. The minimum atomic E-state index is -4.42. The summed E-state index contributed by atoms with van der Waals surface area (Å²) >= 11 is 0. The lowest BCUT2D eigenvalue weighted by atomic mass is 10.1. The number of halogens is 1. The minimum absolute atomic E-state index is 0.101. The molecule has 0 spiro atoms. The molecule has 0 bridgehead atoms. The van der Waals surface area contributed by atoms with Gasteiger partial charge in [0.15, 0.2) is 5.25 Å². The van der Waals surface area contributed by atoms with Crippen molar-refractivity contribution in [2.45, 2.75) is 5.25 Å². The highest BCUT2D eigenvalue weighted by atomic mass is 32.2. The normalized spacial score (nSPS) is 11.8. The Bertz CT molecular complexity index is 960. The largest absolute Gasteiger partial charge is 0.268 e. The van der Waals surface area contributed by atoms with E-state index in [1.54, 1.807) is 29.0 Å². The van der Waals surface area contributed by atoms with Gasteiger partial charge in [0, 0.05) is 5.56 Å². The van der Waals surface area contributed by atoms with Crippen LogP contribution in [0.3, 0.4) is 0 Å². The molecule has 1 N–H and O–H groups in total. The van der Waals surface area contributed by atoms with Gasteiger partial charge in [-0.25, -0.2) is 17.5 Å². The Morgan fingerprint density at radius 3 is 2.33 bits per heavy atom. The maximum atomic E-state index is 13.6. The standard InChI is InChI=1S/C16H10FN3O3S/c17-14-8-12(6-7-13(14)9-18)15(10-19)24(22,23)20-16(21)11-4-2-1-3-5-11/h1-8,15H,(H,20,21). The molecule has 0 fully saturated rings. The molecule has 0 aliphatic rings. The predicted molar refractivity (Wildman–Crippen MR) is 82.3 cm³/mol. The van der Waals surface area contributed by atoms with Crippen LogP contribution in [0.25, 0.3) is 0 Å². The zero-order chi connectivity index (χ0) is 17.7. The second-order valence-corrected chi connectivity index (χ2v) is 6.47. The van der Waals surface area contributed by atoms with Crippen molar-refractivity contribution >= 4 is 15.9 Å². The molecule has 2 aromatic carbocycles. The smallest absolute Gasteiger partial charge is 0.264 e. The van der Waals surface area contributed by atoms with Gasteiger partial charge < -0.3 is 0 Å². The molecular weight excluding hydrogens is 333 g/mol. The quantitative estimate of drug-likeness (QED) is 0.913. The fourth-order valence-electron chi connectivity index (χ4n) is 1.94. The molecular formula is C16H10FN3O3S. The van der Waals surface area contributed by atoms with Crippen LogP contribution in [0.1, 0.15) is 26.7 Å². The molecule has 1 unspecified atom stereocenters. The molecule has 8 heteroatoms. The highest BCUT2D eigenvalue weighted by Gasteiger charge is 2.30. The SMILES string of the molecule is N#Cc1ccc(C(C#N)S(=O)(=O)NC(=O)c2ccccc2)cc1F. The van der Waals surface area contributed by atoms with Crippen LogP contribution >= 0.6 is 0 Å². The first-order valence-corrected chi connectivity index (χ1v) is 8.14. The van der Waals surface area contributed by atoms with E-state index in [4.69, 9.17) is 10.5 Å². The van der Waals surface area contributed by atoms with Crippen LogP contribution in [0, 0.1) is 28.5 Å². The molecule has 0 saturated carbocycles. The Hall–Kier alpha value is -3.23. The van der Waals surface area contributed by atoms with Gasteiger partial charge in [0.1, 0.15) is 11.9 Å². The molecule has 0 aliphatic carbocycles. The van der Waals surface area contributed by atoms with Crippen molar-refractivity contribution in [2.75, 3.05) is 0 Å². The summed E-state index contributed by atoms with van der Waals surface area (Å²) in [7, 11) is -4.42. The van der Waals surface area contributed by atoms with E-state index in [1.165, 1.54) is 18.2 Å². The Labute approximate surface area is 137 Å². The Morgan fingerprint density at radius 2 is 1.79 bits per heavy atom. The van der Waals surface area contributed by atoms with Crippen molar-refractivity contribution in [3.63, 3.8) is 0 Å². The average Bonchev–Trinajstić information content (AvgIpc) is 2.55. The summed E-state index contributed by atoms with van der Waals surface area (Å²) < 4.78 is 40.0. The van der Waals surface area contributed by atoms with Gasteiger partial charge in [0.2, 0.25) is 0 Å². The first kappa shape index (κ1) is 17.1. The second kappa shape index (κ2) is 6.90. The lowest BCUT2D eigenvalue weighted by Gasteiger charge is -2.12. The van der Waals surface area contributed by atoms with E-state index in [2.05, 4.69) is 0 Å². The van der Waals surface area contributed by atoms with E-state index >= 15 is 0 Å². The first-order valence-electron chi connectivity index (χ1n) is 6.59. The lowest BCUT2D eigenvalue weighted by molar-refractivity contribution is 0.0981. The third-order valence-corrected chi connectivity index (χ3v) is 4.58. The number of hydrogen-bond donors (Lipinski definition) is 1. The third-order valence-electron chi connectivity index (χ3n) is 3.11. The van der Waals surface area contributed by atoms with Crippen molar-refractivity contribution in [3.8, 4) is 12.1 Å². The molecule has 24 heavy (non-hydrogen) atoms. The molecule has 120 valence electrons. The number of nitrogens with one attached hydrogen (secondary N) is 1. The van der Waals surface area contributed by atoms with Gasteiger partial charge >= 0.3 is 0 Å². The Balaban J connectivity index is 2.33. The van der Waals surface area contributed by atoms with Crippen LogP contribution in [0.2, 0.25) is 0 Å². The molecule has 6 nitrogen and oxygen atoms in total. The summed E-state index contributed by atoms with van der Waals surface area (Å²) in [5.41, 5.74) is -0.354. The van der Waals surface area contributed by atoms with Crippen LogP contribution in [-0.4, -0.2) is 14.3 Å². The number of benzene rings is 2. The van der Waals surface area contributed by atoms with E-state index < -0.39 is 27.0 Å². The van der Waals surface area contributed by atoms with Gasteiger partial charge in [0.05, 0.1) is 11.6 Å². The molecule has 0 aromatic heterocycles. The third kappa shape index (κ3) is 3.57. The highest BCUT2D eigenvalue weighted by molar-refractivity contribution is 7.90. The van der Waals surface area contributed by atoms with Crippen LogP contribution in [-0.2, 0) is 10.0 Å². The molecule has 1 amide bonds. The van der Waals surface area contributed by atoms with Gasteiger partial charge in [0.25, 0.3) is 15.9 Å². The van der Waals surface area contributed by atoms with Crippen molar-refractivity contribution in [1.29, 1.82) is 10.5 Å². The molecule has 0 radical (unpaired) electrons. The highest BCUT2D eigenvalue weighted by Crippen LogP contribution is 2.23. The number of carbonyl (C=O) groups is 1. The topological polar surface area (TPSA) is 111 Å². The fourth-order valence-corrected chi connectivity index (χ4v) is 3.08. The number of sulfonamides is 1. The molecule has 2 aromatic rings. The number of hydrogen-bond acceptors (Lipinski definition) is 5. The maximum absolute atomic E-state index is 13.6. The number of nitriles is 2. The van der Waals surface area contributed by atoms with E-state index in [1.807, 2.05) is 0 Å². The number of nitrogens with zero attached hydrogens (tertiary/aromatic N) is 2. The molecule has 0 heterocycles. The maximum Gasteiger partial charge on any atom is 0.264 e. The van der Waals surface area contributed by atoms with Crippen molar-refractivity contribution in [1.82, 2.24) is 4.72 Å². The van der Waals surface area contributed by atoms with E-state index in [0.717, 1.165) is 18.2 Å². The summed E-state index contributed by atoms with van der Waals surface area (Å²) in [5, 5.41) is 16.0. The Morgan fingerprint density at radius 1 is 1.12 bits per heavy atom. The number of carbonyl (C=O) groups excluding carboxylic acids is 1. The molecule has 1 atom stereocenters. The number of amides is 1. The van der Waals surface area contributed by atoms with Crippen LogP contribution in [0.4, 0.5) is 4.39 Å². The fraction of sp³-hybridized carbons (Fsp3) is 0.0625. The van der Waals surface area contributed by atoms with Gasteiger partial charge in [-0.15, -0.1) is 0 Å². The zero-order valence-corrected chi connectivity index (χ0v) is 12.9. The van der Waals surface area contributed by atoms with Crippen LogP contribution < -0.4 is 4.72 Å². The summed E-state index contributed by atoms with van der Waals surface area (Å²) in [6, 6.07) is 13.7. The predicted octanol–water partition coefficient (Wildman–Crippen LogP) is 2.02. The van der Waals surface area contributed by atoms with E-state index in [0.29, 0.717) is 0 Å². The zero-order valence-electron chi connectivity index (χ0n) is 12.1. The monoisotopic (exact) mass is 343 g/mol. The van der Waals surface area contributed by atoms with Gasteiger partial charge in [-0.2, -0.15) is 10.5 Å². The van der Waals surface area contributed by atoms with E-state index in [9.17, 15) is 17.6 Å². The Kier molecular flexibility index (Phi) is 4.93. The lowest BCUT2D eigenvalue weighted by Crippen LogP contribution is -2.34. The molecule has 0 saturated heterocycles. The molecule has 2 rings (SSSR count). The van der Waals surface area contributed by atoms with Crippen molar-refractivity contribution < 1.29 is 17.6 Å². The van der Waals surface area contributed by atoms with Crippen LogP contribution in [0.5, 0.6) is 0 Å². The van der Waals surface area contributed by atoms with E-state index in [-0.39, 0.29) is 16.7 Å². The van der Waals surface area contributed by atoms with Gasteiger partial charge in [-0.1, -0.05) is 24.3 Å². The van der Waals surface area contributed by atoms with Crippen LogP contribution in [0.15, 0.2) is 48.5 Å². The van der Waals surface area contributed by atoms with Crippen molar-refractivity contribution in [3.05, 3.63) is 71.0 Å². The number of rotatable bonds is 4. The molecule has 0 aliphatic heterocycles. The van der Waals surface area contributed by atoms with Gasteiger partial charge in [-0.05, 0) is 29.8 Å². The summed E-state index contributed by atoms with van der Waals surface area (Å²) in [4.78, 5) is 12.0. The average molecular weight is 343 g/mol.